The Labute approximate surface area is 92.3 Å². The second kappa shape index (κ2) is 6.40. The molecular weight excluding hydrogens is 211 g/mol. The van der Waals surface area contributed by atoms with E-state index in [9.17, 15) is 0 Å². The maximum absolute atomic E-state index is 3.77. The minimum absolute atomic E-state index is 0. The quantitative estimate of drug-likeness (QED) is 0.559. The third kappa shape index (κ3) is 1100. The number of hydrogen-bond donors (Lipinski definition) is 0. The molecule has 0 aliphatic rings. The first-order chi connectivity index (χ1) is 4.00. The van der Waals surface area contributed by atoms with Crippen molar-refractivity contribution >= 4 is 0 Å². The van der Waals surface area contributed by atoms with Crippen molar-refractivity contribution in [3.8, 4) is 0 Å². The fraction of sp³-hybridized carbons (Fsp3) is 0.800. The van der Waals surface area contributed by atoms with Crippen LogP contribution in [-0.2, 0) is 26.2 Å². The van der Waals surface area contributed by atoms with Gasteiger partial charge in [-0.1, -0.05) is 41.5 Å². The Hall–Kier alpha value is 0.883. The van der Waals surface area contributed by atoms with E-state index in [2.05, 4.69) is 55.4 Å². The molecule has 0 heterocycles. The third-order valence-electron chi connectivity index (χ3n) is 0. The van der Waals surface area contributed by atoms with Crippen LogP contribution in [0.25, 0.3) is 0 Å². The molecule has 0 amide bonds. The number of hydrogen-bond acceptors (Lipinski definition) is 0. The van der Waals surface area contributed by atoms with Crippen LogP contribution in [-0.4, -0.2) is 0 Å². The van der Waals surface area contributed by atoms with E-state index in [-0.39, 0.29) is 37.0 Å². The van der Waals surface area contributed by atoms with Gasteiger partial charge in [-0.3, -0.25) is 0 Å². The molecule has 0 aromatic heterocycles. The maximum atomic E-state index is 3.77. The first-order valence-electron chi connectivity index (χ1n) is 3.71. The van der Waals surface area contributed by atoms with Crippen LogP contribution in [0.15, 0.2) is 0 Å². The van der Waals surface area contributed by atoms with Crippen molar-refractivity contribution in [2.45, 2.75) is 41.5 Å². The molecule has 66 valence electrons. The molecule has 0 aromatic rings. The number of rotatable bonds is 0. The van der Waals surface area contributed by atoms with Crippen LogP contribution in [0, 0.1) is 24.7 Å². The van der Waals surface area contributed by atoms with E-state index >= 15 is 0 Å². The molecule has 0 unspecified atom stereocenters. The van der Waals surface area contributed by atoms with Crippen LogP contribution >= 0.6 is 0 Å². The molecule has 0 rings (SSSR count). The van der Waals surface area contributed by atoms with Crippen molar-refractivity contribution in [1.82, 2.24) is 0 Å². The molecule has 0 radical (unpaired) electrons. The molecule has 0 saturated heterocycles. The summed E-state index contributed by atoms with van der Waals surface area (Å²) in [5, 5.41) is 0. The molecule has 0 bridgehead atoms. The third-order valence-corrected chi connectivity index (χ3v) is 0. The normalized spacial score (nSPS) is 10.9. The van der Waals surface area contributed by atoms with Crippen LogP contribution < -0.4 is 0 Å². The summed E-state index contributed by atoms with van der Waals surface area (Å²) < 4.78 is 0. The van der Waals surface area contributed by atoms with Gasteiger partial charge < -0.3 is 13.8 Å². The van der Waals surface area contributed by atoms with Gasteiger partial charge in [0.1, 0.15) is 0 Å². The summed E-state index contributed by atoms with van der Waals surface area (Å²) in [4.78, 5) is 0. The standard InChI is InChI=1S/2C5H11.Zr/c2*1-5(2,3)4;/h2*1H2,2-4H3;/q2*-1;+2. The van der Waals surface area contributed by atoms with Crippen molar-refractivity contribution in [3.05, 3.63) is 13.8 Å². The van der Waals surface area contributed by atoms with E-state index in [1.165, 1.54) is 0 Å². The zero-order valence-corrected chi connectivity index (χ0v) is 11.4. The van der Waals surface area contributed by atoms with Gasteiger partial charge in [0, 0.05) is 0 Å². The molecule has 0 aliphatic carbocycles. The van der Waals surface area contributed by atoms with E-state index < -0.39 is 0 Å². The average Bonchev–Trinajstić information content (AvgIpc) is 1.12. The second-order valence-corrected chi connectivity index (χ2v) is 5.12. The molecule has 0 N–H and O–H groups in total. The van der Waals surface area contributed by atoms with Crippen molar-refractivity contribution < 1.29 is 26.2 Å². The van der Waals surface area contributed by atoms with Gasteiger partial charge in [-0.2, -0.15) is 10.8 Å². The van der Waals surface area contributed by atoms with Crippen LogP contribution in [0.3, 0.4) is 0 Å². The Morgan fingerprint density at radius 2 is 0.636 bits per heavy atom. The molecule has 0 aliphatic heterocycles. The van der Waals surface area contributed by atoms with Crippen LogP contribution in [0.2, 0.25) is 0 Å². The summed E-state index contributed by atoms with van der Waals surface area (Å²) >= 11 is 0. The molecule has 1 heteroatoms. The summed E-state index contributed by atoms with van der Waals surface area (Å²) in [6.45, 7) is 20.0. The topological polar surface area (TPSA) is 0 Å². The molecule has 0 saturated carbocycles. The van der Waals surface area contributed by atoms with E-state index in [1.807, 2.05) is 0 Å². The van der Waals surface area contributed by atoms with Gasteiger partial charge in [0.2, 0.25) is 0 Å². The summed E-state index contributed by atoms with van der Waals surface area (Å²) in [6.07, 6.45) is 0. The van der Waals surface area contributed by atoms with E-state index in [0.29, 0.717) is 0 Å². The van der Waals surface area contributed by atoms with Gasteiger partial charge in [-0.15, -0.1) is 0 Å². The summed E-state index contributed by atoms with van der Waals surface area (Å²) in [7, 11) is 0. The summed E-state index contributed by atoms with van der Waals surface area (Å²) in [5.41, 5.74) is 0.500. The minimum atomic E-state index is 0. The molecule has 0 aromatic carbocycles. The smallest absolute Gasteiger partial charge is 0.338 e. The first kappa shape index (κ1) is 17.8. The van der Waals surface area contributed by atoms with Crippen molar-refractivity contribution in [3.63, 3.8) is 0 Å². The van der Waals surface area contributed by atoms with Gasteiger partial charge >= 0.3 is 26.2 Å². The van der Waals surface area contributed by atoms with Crippen molar-refractivity contribution in [1.29, 1.82) is 0 Å². The molecule has 0 fully saturated rings. The van der Waals surface area contributed by atoms with Crippen LogP contribution in [0.4, 0.5) is 0 Å². The monoisotopic (exact) mass is 232 g/mol. The van der Waals surface area contributed by atoms with Gasteiger partial charge in [0.15, 0.2) is 0 Å². The van der Waals surface area contributed by atoms with Gasteiger partial charge in [-0.25, -0.2) is 0 Å². The Morgan fingerprint density at radius 1 is 0.636 bits per heavy atom. The molecule has 0 spiro atoms. The van der Waals surface area contributed by atoms with Gasteiger partial charge in [0.05, 0.1) is 0 Å². The zero-order valence-electron chi connectivity index (χ0n) is 8.91. The predicted octanol–water partition coefficient (Wildman–Crippen LogP) is 3.73. The summed E-state index contributed by atoms with van der Waals surface area (Å²) in [6, 6.07) is 0. The fourth-order valence-electron chi connectivity index (χ4n) is 0. The Morgan fingerprint density at radius 3 is 0.636 bits per heavy atom. The second-order valence-electron chi connectivity index (χ2n) is 5.12. The van der Waals surface area contributed by atoms with Crippen LogP contribution in [0.1, 0.15) is 41.5 Å². The van der Waals surface area contributed by atoms with E-state index in [4.69, 9.17) is 0 Å². The predicted molar refractivity (Wildman–Crippen MR) is 49.6 cm³/mol. The van der Waals surface area contributed by atoms with E-state index in [0.717, 1.165) is 0 Å². The van der Waals surface area contributed by atoms with Gasteiger partial charge in [-0.05, 0) is 0 Å². The Bertz CT molecular complexity index is 47.9. The van der Waals surface area contributed by atoms with Gasteiger partial charge in [0.25, 0.3) is 0 Å². The Balaban J connectivity index is -0.000000107. The largest absolute Gasteiger partial charge is 2.00 e. The molecule has 11 heavy (non-hydrogen) atoms. The average molecular weight is 234 g/mol. The fourth-order valence-corrected chi connectivity index (χ4v) is 0. The molecular formula is C10H22Zr. The Kier molecular flexibility index (Phi) is 10.4. The summed E-state index contributed by atoms with van der Waals surface area (Å²) in [5.74, 6) is 0. The zero-order chi connectivity index (χ0) is 9.00. The molecule has 0 nitrogen and oxygen atoms in total. The minimum Gasteiger partial charge on any atom is -0.338 e. The van der Waals surface area contributed by atoms with Crippen molar-refractivity contribution in [2.75, 3.05) is 0 Å². The maximum Gasteiger partial charge on any atom is 2.00 e. The SMILES string of the molecule is [CH2-]C(C)(C)C.[CH2-]C(C)(C)C.[Zr+2]. The van der Waals surface area contributed by atoms with E-state index in [1.54, 1.807) is 0 Å². The first-order valence-corrected chi connectivity index (χ1v) is 3.71. The van der Waals surface area contributed by atoms with Crippen molar-refractivity contribution in [2.24, 2.45) is 10.8 Å². The molecule has 0 atom stereocenters. The van der Waals surface area contributed by atoms with Crippen LogP contribution in [0.5, 0.6) is 0 Å².